The van der Waals surface area contributed by atoms with Crippen LogP contribution >= 0.6 is 11.3 Å². The Kier molecular flexibility index (Phi) is 4.33. The van der Waals surface area contributed by atoms with Crippen molar-refractivity contribution < 1.29 is 4.79 Å². The fourth-order valence-corrected chi connectivity index (χ4v) is 3.60. The van der Waals surface area contributed by atoms with Gasteiger partial charge in [-0.05, 0) is 25.8 Å². The second kappa shape index (κ2) is 6.39. The van der Waals surface area contributed by atoms with Gasteiger partial charge in [-0.1, -0.05) is 0 Å². The number of likely N-dealkylation sites (tertiary alicyclic amines) is 1. The zero-order valence-electron chi connectivity index (χ0n) is 12.4. The van der Waals surface area contributed by atoms with Gasteiger partial charge < -0.3 is 4.90 Å². The second-order valence-corrected chi connectivity index (χ2v) is 6.77. The molecule has 6 nitrogen and oxygen atoms in total. The van der Waals surface area contributed by atoms with Crippen LogP contribution in [-0.2, 0) is 17.8 Å². The summed E-state index contributed by atoms with van der Waals surface area (Å²) in [5, 5.41) is 5.05. The van der Waals surface area contributed by atoms with E-state index in [1.165, 1.54) is 10.7 Å². The van der Waals surface area contributed by atoms with Gasteiger partial charge >= 0.3 is 0 Å². The van der Waals surface area contributed by atoms with Gasteiger partial charge in [-0.25, -0.2) is 9.67 Å². The molecule has 2 aromatic rings. The molecule has 2 aromatic heterocycles. The predicted molar refractivity (Wildman–Crippen MR) is 83.8 cm³/mol. The first kappa shape index (κ1) is 14.9. The highest BCUT2D eigenvalue weighted by molar-refractivity contribution is 7.11. The van der Waals surface area contributed by atoms with Crippen LogP contribution in [-0.4, -0.2) is 38.2 Å². The molecule has 0 aliphatic carbocycles. The number of thiazole rings is 1. The second-order valence-electron chi connectivity index (χ2n) is 5.45. The first-order valence-electron chi connectivity index (χ1n) is 7.36. The topological polar surface area (TPSA) is 68.1 Å². The van der Waals surface area contributed by atoms with Gasteiger partial charge in [-0.3, -0.25) is 9.59 Å². The van der Waals surface area contributed by atoms with Crippen LogP contribution in [0.1, 0.15) is 22.7 Å². The minimum Gasteiger partial charge on any atom is -0.338 e. The van der Waals surface area contributed by atoms with Gasteiger partial charge in [-0.2, -0.15) is 5.10 Å². The van der Waals surface area contributed by atoms with Crippen LogP contribution in [0.5, 0.6) is 0 Å². The SMILES string of the molecule is Cc1ncc(CC(=O)N2CCCC2Cn2ncccc2=O)s1. The number of aromatic nitrogens is 3. The van der Waals surface area contributed by atoms with Crippen molar-refractivity contribution in [2.24, 2.45) is 0 Å². The summed E-state index contributed by atoms with van der Waals surface area (Å²) in [6.07, 6.45) is 5.64. The molecule has 1 unspecified atom stereocenters. The van der Waals surface area contributed by atoms with Crippen molar-refractivity contribution in [3.05, 3.63) is 44.8 Å². The Bertz CT molecular complexity index is 724. The number of amides is 1. The van der Waals surface area contributed by atoms with Crippen LogP contribution in [0, 0.1) is 6.92 Å². The number of aryl methyl sites for hydroxylation is 1. The van der Waals surface area contributed by atoms with E-state index in [1.54, 1.807) is 29.8 Å². The molecule has 0 aromatic carbocycles. The maximum atomic E-state index is 12.5. The molecule has 1 aliphatic rings. The van der Waals surface area contributed by atoms with E-state index in [2.05, 4.69) is 10.1 Å². The molecule has 1 aliphatic heterocycles. The number of carbonyl (C=O) groups is 1. The number of hydrogen-bond donors (Lipinski definition) is 0. The van der Waals surface area contributed by atoms with Crippen LogP contribution in [0.2, 0.25) is 0 Å². The Balaban J connectivity index is 1.69. The average Bonchev–Trinajstić information content (AvgIpc) is 3.10. The van der Waals surface area contributed by atoms with Crippen molar-refractivity contribution in [1.29, 1.82) is 0 Å². The summed E-state index contributed by atoms with van der Waals surface area (Å²) in [5.41, 5.74) is -0.125. The quantitative estimate of drug-likeness (QED) is 0.850. The summed E-state index contributed by atoms with van der Waals surface area (Å²) in [6, 6.07) is 3.17. The van der Waals surface area contributed by atoms with Gasteiger partial charge in [-0.15, -0.1) is 11.3 Å². The molecular formula is C15H18N4O2S. The number of nitrogens with zero attached hydrogens (tertiary/aromatic N) is 4. The molecule has 3 rings (SSSR count). The summed E-state index contributed by atoms with van der Waals surface area (Å²) >= 11 is 1.56. The minimum atomic E-state index is -0.125. The summed E-state index contributed by atoms with van der Waals surface area (Å²) < 4.78 is 1.44. The van der Waals surface area contributed by atoms with Crippen molar-refractivity contribution in [3.63, 3.8) is 0 Å². The zero-order valence-corrected chi connectivity index (χ0v) is 13.3. The Morgan fingerprint density at radius 3 is 3.09 bits per heavy atom. The third kappa shape index (κ3) is 3.24. The van der Waals surface area contributed by atoms with E-state index in [0.29, 0.717) is 13.0 Å². The highest BCUT2D eigenvalue weighted by Gasteiger charge is 2.29. The van der Waals surface area contributed by atoms with E-state index in [4.69, 9.17) is 0 Å². The summed E-state index contributed by atoms with van der Waals surface area (Å²) in [5.74, 6) is 0.107. The predicted octanol–water partition coefficient (Wildman–Crippen LogP) is 1.24. The lowest BCUT2D eigenvalue weighted by Gasteiger charge is -2.24. The van der Waals surface area contributed by atoms with Gasteiger partial charge in [0.1, 0.15) is 0 Å². The van der Waals surface area contributed by atoms with Crippen molar-refractivity contribution in [3.8, 4) is 0 Å². The molecule has 0 N–H and O–H groups in total. The fraction of sp³-hybridized carbons (Fsp3) is 0.467. The largest absolute Gasteiger partial charge is 0.338 e. The van der Waals surface area contributed by atoms with Crippen molar-refractivity contribution >= 4 is 17.2 Å². The van der Waals surface area contributed by atoms with Crippen LogP contribution in [0.4, 0.5) is 0 Å². The monoisotopic (exact) mass is 318 g/mol. The molecule has 1 amide bonds. The van der Waals surface area contributed by atoms with Gasteiger partial charge in [0.2, 0.25) is 5.91 Å². The molecule has 1 fully saturated rings. The Labute approximate surface area is 132 Å². The lowest BCUT2D eigenvalue weighted by Crippen LogP contribution is -2.41. The molecule has 3 heterocycles. The highest BCUT2D eigenvalue weighted by atomic mass is 32.1. The van der Waals surface area contributed by atoms with Crippen molar-refractivity contribution in [1.82, 2.24) is 19.7 Å². The lowest BCUT2D eigenvalue weighted by molar-refractivity contribution is -0.131. The van der Waals surface area contributed by atoms with E-state index in [-0.39, 0.29) is 17.5 Å². The molecule has 0 radical (unpaired) electrons. The van der Waals surface area contributed by atoms with Crippen LogP contribution < -0.4 is 5.56 Å². The number of rotatable bonds is 4. The maximum Gasteiger partial charge on any atom is 0.266 e. The molecule has 22 heavy (non-hydrogen) atoms. The summed E-state index contributed by atoms with van der Waals surface area (Å²) in [4.78, 5) is 31.3. The summed E-state index contributed by atoms with van der Waals surface area (Å²) in [7, 11) is 0. The first-order valence-corrected chi connectivity index (χ1v) is 8.18. The third-order valence-corrected chi connectivity index (χ3v) is 4.77. The molecule has 1 saturated heterocycles. The van der Waals surface area contributed by atoms with Crippen molar-refractivity contribution in [2.45, 2.75) is 38.8 Å². The number of carbonyl (C=O) groups excluding carboxylic acids is 1. The van der Waals surface area contributed by atoms with Gasteiger partial charge in [0.25, 0.3) is 5.56 Å². The molecule has 0 saturated carbocycles. The van der Waals surface area contributed by atoms with Crippen LogP contribution in [0.15, 0.2) is 29.3 Å². The molecule has 0 bridgehead atoms. The van der Waals surface area contributed by atoms with Gasteiger partial charge in [0, 0.05) is 29.9 Å². The molecule has 0 spiro atoms. The van der Waals surface area contributed by atoms with E-state index in [1.807, 2.05) is 11.8 Å². The van der Waals surface area contributed by atoms with Gasteiger partial charge in [0.05, 0.1) is 24.0 Å². The van der Waals surface area contributed by atoms with E-state index < -0.39 is 0 Å². The lowest BCUT2D eigenvalue weighted by atomic mass is 10.2. The third-order valence-electron chi connectivity index (χ3n) is 3.86. The Morgan fingerprint density at radius 1 is 1.50 bits per heavy atom. The normalized spacial score (nSPS) is 17.9. The molecule has 7 heteroatoms. The van der Waals surface area contributed by atoms with Crippen molar-refractivity contribution in [2.75, 3.05) is 6.54 Å². The van der Waals surface area contributed by atoms with E-state index in [0.717, 1.165) is 29.3 Å². The summed E-state index contributed by atoms with van der Waals surface area (Å²) in [6.45, 7) is 3.15. The minimum absolute atomic E-state index is 0.0501. The first-order chi connectivity index (χ1) is 10.6. The Morgan fingerprint density at radius 2 is 2.36 bits per heavy atom. The number of hydrogen-bond acceptors (Lipinski definition) is 5. The highest BCUT2D eigenvalue weighted by Crippen LogP contribution is 2.21. The maximum absolute atomic E-state index is 12.5. The standard InChI is InChI=1S/C15H18N4O2S/c1-11-16-9-13(22-11)8-15(21)18-7-3-4-12(18)10-19-14(20)5-2-6-17-19/h2,5-6,9,12H,3-4,7-8,10H2,1H3. The average molecular weight is 318 g/mol. The fourth-order valence-electron chi connectivity index (χ4n) is 2.82. The zero-order chi connectivity index (χ0) is 15.5. The Hall–Kier alpha value is -2.02. The van der Waals surface area contributed by atoms with Crippen LogP contribution in [0.25, 0.3) is 0 Å². The molecule has 1 atom stereocenters. The van der Waals surface area contributed by atoms with Crippen LogP contribution in [0.3, 0.4) is 0 Å². The molecule has 116 valence electrons. The van der Waals surface area contributed by atoms with E-state index in [9.17, 15) is 9.59 Å². The smallest absolute Gasteiger partial charge is 0.266 e. The van der Waals surface area contributed by atoms with Gasteiger partial charge in [0.15, 0.2) is 0 Å². The molecular weight excluding hydrogens is 300 g/mol. The van der Waals surface area contributed by atoms with E-state index >= 15 is 0 Å².